The third kappa shape index (κ3) is 3.34. The van der Waals surface area contributed by atoms with Crippen molar-refractivity contribution in [3.8, 4) is 0 Å². The van der Waals surface area contributed by atoms with E-state index in [1.807, 2.05) is 6.92 Å². The average molecular weight is 208 g/mol. The van der Waals surface area contributed by atoms with Crippen molar-refractivity contribution in [2.75, 3.05) is 5.32 Å². The molecule has 0 amide bonds. The number of hydrogen-bond donors (Lipinski definition) is 1. The minimum atomic E-state index is -0.531. The molecule has 0 saturated heterocycles. The lowest BCUT2D eigenvalue weighted by atomic mass is 10.2. The van der Waals surface area contributed by atoms with E-state index < -0.39 is 4.92 Å². The highest BCUT2D eigenvalue weighted by atomic mass is 16.6. The standard InChI is InChI=1S/C9H12N4O2/c1-3-4-7(2)12-9-10-5-8(6-11-9)13(14)15/h3,5-7H,1,4H2,2H3,(H,10,11,12). The zero-order valence-corrected chi connectivity index (χ0v) is 8.38. The summed E-state index contributed by atoms with van der Waals surface area (Å²) in [4.78, 5) is 17.4. The van der Waals surface area contributed by atoms with Gasteiger partial charge in [-0.3, -0.25) is 10.1 Å². The molecule has 1 rings (SSSR count). The van der Waals surface area contributed by atoms with Crippen LogP contribution in [0.25, 0.3) is 0 Å². The van der Waals surface area contributed by atoms with Crippen LogP contribution in [0.3, 0.4) is 0 Å². The van der Waals surface area contributed by atoms with Crippen LogP contribution in [0.5, 0.6) is 0 Å². The molecule has 0 bridgehead atoms. The van der Waals surface area contributed by atoms with Gasteiger partial charge in [0.25, 0.3) is 0 Å². The van der Waals surface area contributed by atoms with Gasteiger partial charge in [-0.15, -0.1) is 6.58 Å². The van der Waals surface area contributed by atoms with Gasteiger partial charge < -0.3 is 5.32 Å². The maximum atomic E-state index is 10.3. The highest BCUT2D eigenvalue weighted by molar-refractivity contribution is 5.31. The number of nitrogens with zero attached hydrogens (tertiary/aromatic N) is 3. The fraction of sp³-hybridized carbons (Fsp3) is 0.333. The van der Waals surface area contributed by atoms with Gasteiger partial charge in [-0.2, -0.15) is 0 Å². The first-order valence-electron chi connectivity index (χ1n) is 4.47. The van der Waals surface area contributed by atoms with Gasteiger partial charge in [0.15, 0.2) is 0 Å². The number of rotatable bonds is 5. The Hall–Kier alpha value is -1.98. The van der Waals surface area contributed by atoms with Crippen molar-refractivity contribution in [1.82, 2.24) is 9.97 Å². The lowest BCUT2D eigenvalue weighted by Gasteiger charge is -2.10. The molecule has 6 nitrogen and oxygen atoms in total. The number of nitro groups is 1. The summed E-state index contributed by atoms with van der Waals surface area (Å²) in [5.41, 5.74) is -0.114. The molecular formula is C9H12N4O2. The van der Waals surface area contributed by atoms with Crippen LogP contribution >= 0.6 is 0 Å². The molecule has 1 atom stereocenters. The molecule has 15 heavy (non-hydrogen) atoms. The molecule has 0 fully saturated rings. The zero-order chi connectivity index (χ0) is 11.3. The van der Waals surface area contributed by atoms with Crippen molar-refractivity contribution >= 4 is 11.6 Å². The van der Waals surface area contributed by atoms with Crippen molar-refractivity contribution in [3.05, 3.63) is 35.2 Å². The van der Waals surface area contributed by atoms with Gasteiger partial charge >= 0.3 is 5.69 Å². The van der Waals surface area contributed by atoms with Crippen LogP contribution in [-0.2, 0) is 0 Å². The predicted octanol–water partition coefficient (Wildman–Crippen LogP) is 1.76. The molecule has 0 aromatic carbocycles. The molecule has 1 aromatic heterocycles. The van der Waals surface area contributed by atoms with E-state index in [1.54, 1.807) is 6.08 Å². The van der Waals surface area contributed by atoms with E-state index in [9.17, 15) is 10.1 Å². The van der Waals surface area contributed by atoms with Crippen LogP contribution < -0.4 is 5.32 Å². The van der Waals surface area contributed by atoms with Gasteiger partial charge in [0.2, 0.25) is 5.95 Å². The van der Waals surface area contributed by atoms with E-state index in [0.717, 1.165) is 6.42 Å². The normalized spacial score (nSPS) is 11.8. The Bertz CT molecular complexity index is 350. The fourth-order valence-electron chi connectivity index (χ4n) is 1.02. The maximum Gasteiger partial charge on any atom is 0.305 e. The van der Waals surface area contributed by atoms with Crippen LogP contribution in [0.1, 0.15) is 13.3 Å². The molecule has 1 aromatic rings. The number of aromatic nitrogens is 2. The Balaban J connectivity index is 2.64. The van der Waals surface area contributed by atoms with E-state index in [4.69, 9.17) is 0 Å². The van der Waals surface area contributed by atoms with E-state index in [1.165, 1.54) is 12.4 Å². The molecular weight excluding hydrogens is 196 g/mol. The molecule has 0 aliphatic carbocycles. The van der Waals surface area contributed by atoms with Crippen molar-refractivity contribution < 1.29 is 4.92 Å². The topological polar surface area (TPSA) is 81.0 Å². The third-order valence-corrected chi connectivity index (χ3v) is 1.74. The minimum absolute atomic E-state index is 0.114. The summed E-state index contributed by atoms with van der Waals surface area (Å²) in [5.74, 6) is 0.384. The van der Waals surface area contributed by atoms with E-state index in [2.05, 4.69) is 21.9 Å². The van der Waals surface area contributed by atoms with Gasteiger partial charge in [0.1, 0.15) is 12.4 Å². The Labute approximate surface area is 87.2 Å². The number of hydrogen-bond acceptors (Lipinski definition) is 5. The van der Waals surface area contributed by atoms with E-state index >= 15 is 0 Å². The Kier molecular flexibility index (Phi) is 3.73. The molecule has 0 radical (unpaired) electrons. The van der Waals surface area contributed by atoms with Crippen LogP contribution in [-0.4, -0.2) is 20.9 Å². The summed E-state index contributed by atoms with van der Waals surface area (Å²) in [6.07, 6.45) is 4.91. The average Bonchev–Trinajstić information content (AvgIpc) is 2.18. The maximum absolute atomic E-state index is 10.3. The second kappa shape index (κ2) is 5.04. The smallest absolute Gasteiger partial charge is 0.305 e. The molecule has 6 heteroatoms. The largest absolute Gasteiger partial charge is 0.351 e. The van der Waals surface area contributed by atoms with Gasteiger partial charge in [-0.05, 0) is 13.3 Å². The molecule has 0 saturated carbocycles. The monoisotopic (exact) mass is 208 g/mol. The van der Waals surface area contributed by atoms with Crippen LogP contribution in [0.15, 0.2) is 25.0 Å². The first-order valence-corrected chi connectivity index (χ1v) is 4.47. The van der Waals surface area contributed by atoms with E-state index in [0.29, 0.717) is 5.95 Å². The van der Waals surface area contributed by atoms with Gasteiger partial charge in [-0.25, -0.2) is 9.97 Å². The Morgan fingerprint density at radius 2 is 2.27 bits per heavy atom. The van der Waals surface area contributed by atoms with Crippen molar-refractivity contribution in [3.63, 3.8) is 0 Å². The molecule has 0 spiro atoms. The lowest BCUT2D eigenvalue weighted by Crippen LogP contribution is -2.15. The highest BCUT2D eigenvalue weighted by Gasteiger charge is 2.07. The van der Waals surface area contributed by atoms with Crippen LogP contribution in [0, 0.1) is 10.1 Å². The van der Waals surface area contributed by atoms with Crippen LogP contribution in [0.2, 0.25) is 0 Å². The quantitative estimate of drug-likeness (QED) is 0.453. The Morgan fingerprint density at radius 1 is 1.67 bits per heavy atom. The summed E-state index contributed by atoms with van der Waals surface area (Å²) >= 11 is 0. The van der Waals surface area contributed by atoms with Crippen molar-refractivity contribution in [1.29, 1.82) is 0 Å². The number of anilines is 1. The number of nitrogens with one attached hydrogen (secondary N) is 1. The second-order valence-corrected chi connectivity index (χ2v) is 3.09. The highest BCUT2D eigenvalue weighted by Crippen LogP contribution is 2.09. The first kappa shape index (κ1) is 11.1. The van der Waals surface area contributed by atoms with Crippen molar-refractivity contribution in [2.24, 2.45) is 0 Å². The molecule has 1 unspecified atom stereocenters. The summed E-state index contributed by atoms with van der Waals surface area (Å²) < 4.78 is 0. The SMILES string of the molecule is C=CCC(C)Nc1ncc([N+](=O)[O-])cn1. The summed E-state index contributed by atoms with van der Waals surface area (Å²) in [7, 11) is 0. The Morgan fingerprint density at radius 3 is 2.73 bits per heavy atom. The zero-order valence-electron chi connectivity index (χ0n) is 8.38. The van der Waals surface area contributed by atoms with Crippen LogP contribution in [0.4, 0.5) is 11.6 Å². The van der Waals surface area contributed by atoms with E-state index in [-0.39, 0.29) is 11.7 Å². The summed E-state index contributed by atoms with van der Waals surface area (Å²) in [6, 6.07) is 0.156. The molecule has 80 valence electrons. The van der Waals surface area contributed by atoms with Crippen molar-refractivity contribution in [2.45, 2.75) is 19.4 Å². The molecule has 0 aliphatic rings. The first-order chi connectivity index (χ1) is 7.13. The predicted molar refractivity (Wildman–Crippen MR) is 56.6 cm³/mol. The van der Waals surface area contributed by atoms with Gasteiger partial charge in [0, 0.05) is 6.04 Å². The fourth-order valence-corrected chi connectivity index (χ4v) is 1.02. The minimum Gasteiger partial charge on any atom is -0.351 e. The third-order valence-electron chi connectivity index (χ3n) is 1.74. The lowest BCUT2D eigenvalue weighted by molar-refractivity contribution is -0.385. The molecule has 1 N–H and O–H groups in total. The molecule has 0 aliphatic heterocycles. The second-order valence-electron chi connectivity index (χ2n) is 3.09. The molecule has 1 heterocycles. The summed E-state index contributed by atoms with van der Waals surface area (Å²) in [6.45, 7) is 5.56. The van der Waals surface area contributed by atoms with Gasteiger partial charge in [-0.1, -0.05) is 6.08 Å². The summed E-state index contributed by atoms with van der Waals surface area (Å²) in [5, 5.41) is 13.3. The van der Waals surface area contributed by atoms with Gasteiger partial charge in [0.05, 0.1) is 4.92 Å².